The Labute approximate surface area is 193 Å². The van der Waals surface area contributed by atoms with E-state index in [-0.39, 0.29) is 23.8 Å². The number of benzene rings is 1. The quantitative estimate of drug-likeness (QED) is 0.582. The molecule has 1 amide bonds. The highest BCUT2D eigenvalue weighted by atomic mass is 32.2. The van der Waals surface area contributed by atoms with Gasteiger partial charge in [0.05, 0.1) is 28.7 Å². The van der Waals surface area contributed by atoms with E-state index in [0.29, 0.717) is 16.1 Å². The molecule has 0 fully saturated rings. The third-order valence-corrected chi connectivity index (χ3v) is 8.86. The van der Waals surface area contributed by atoms with Crippen molar-refractivity contribution in [1.29, 1.82) is 0 Å². The summed E-state index contributed by atoms with van der Waals surface area (Å²) in [4.78, 5) is 29.0. The second kappa shape index (κ2) is 10.1. The van der Waals surface area contributed by atoms with Crippen LogP contribution in [0.3, 0.4) is 0 Å². The van der Waals surface area contributed by atoms with Crippen molar-refractivity contribution in [2.24, 2.45) is 0 Å². The first-order chi connectivity index (χ1) is 15.2. The fraction of sp³-hybridized carbons (Fsp3) is 0.478. The Morgan fingerprint density at radius 2 is 1.88 bits per heavy atom. The highest BCUT2D eigenvalue weighted by Gasteiger charge is 2.29. The number of hydrogen-bond donors (Lipinski definition) is 1. The molecule has 1 aliphatic heterocycles. The highest BCUT2D eigenvalue weighted by Crippen LogP contribution is 2.37. The van der Waals surface area contributed by atoms with E-state index >= 15 is 0 Å². The molecule has 0 spiro atoms. The molecule has 0 unspecified atom stereocenters. The van der Waals surface area contributed by atoms with E-state index in [2.05, 4.69) is 17.1 Å². The maximum Gasteiger partial charge on any atom is 0.341 e. The highest BCUT2D eigenvalue weighted by molar-refractivity contribution is 7.92. The first-order valence-electron chi connectivity index (χ1n) is 10.8. The van der Waals surface area contributed by atoms with Crippen molar-refractivity contribution in [3.8, 4) is 0 Å². The Bertz CT molecular complexity index is 1090. The van der Waals surface area contributed by atoms with Crippen LogP contribution in [0.4, 0.5) is 5.00 Å². The Balaban J connectivity index is 1.79. The maximum absolute atomic E-state index is 12.8. The van der Waals surface area contributed by atoms with E-state index in [1.165, 1.54) is 23.5 Å². The molecule has 1 aromatic carbocycles. The van der Waals surface area contributed by atoms with Crippen LogP contribution in [-0.2, 0) is 38.8 Å². The van der Waals surface area contributed by atoms with Gasteiger partial charge in [-0.25, -0.2) is 13.2 Å². The van der Waals surface area contributed by atoms with Gasteiger partial charge in [-0.1, -0.05) is 19.1 Å². The SMILES string of the molecule is CCOC(=O)c1c(NC(=O)Cc2ccc(S(=O)(=O)C(C)C)cc2)sc2c1CCN(CC)C2. The summed E-state index contributed by atoms with van der Waals surface area (Å²) < 4.78 is 29.8. The lowest BCUT2D eigenvalue weighted by molar-refractivity contribution is -0.115. The predicted molar refractivity (Wildman–Crippen MR) is 126 cm³/mol. The third kappa shape index (κ3) is 5.22. The number of hydrogen-bond acceptors (Lipinski definition) is 7. The van der Waals surface area contributed by atoms with Crippen molar-refractivity contribution in [2.45, 2.75) is 57.2 Å². The lowest BCUT2D eigenvalue weighted by Gasteiger charge is -2.25. The summed E-state index contributed by atoms with van der Waals surface area (Å²) in [5.41, 5.74) is 2.13. The summed E-state index contributed by atoms with van der Waals surface area (Å²) in [6.07, 6.45) is 0.823. The Kier molecular flexibility index (Phi) is 7.74. The van der Waals surface area contributed by atoms with Crippen LogP contribution in [0.2, 0.25) is 0 Å². The lowest BCUT2D eigenvalue weighted by atomic mass is 10.0. The van der Waals surface area contributed by atoms with Gasteiger partial charge in [-0.15, -0.1) is 11.3 Å². The number of thiophene rings is 1. The minimum atomic E-state index is -3.35. The van der Waals surface area contributed by atoms with Gasteiger partial charge in [0.1, 0.15) is 5.00 Å². The molecule has 0 radical (unpaired) electrons. The molecule has 1 N–H and O–H groups in total. The van der Waals surface area contributed by atoms with Crippen LogP contribution in [0, 0.1) is 0 Å². The lowest BCUT2D eigenvalue weighted by Crippen LogP contribution is -2.30. The van der Waals surface area contributed by atoms with Gasteiger partial charge in [-0.2, -0.15) is 0 Å². The summed E-state index contributed by atoms with van der Waals surface area (Å²) in [6, 6.07) is 6.37. The van der Waals surface area contributed by atoms with Gasteiger partial charge in [0.15, 0.2) is 9.84 Å². The zero-order valence-corrected chi connectivity index (χ0v) is 20.6. The maximum atomic E-state index is 12.8. The molecule has 0 aliphatic carbocycles. The van der Waals surface area contributed by atoms with Gasteiger partial charge in [0.2, 0.25) is 5.91 Å². The van der Waals surface area contributed by atoms with Crippen molar-refractivity contribution in [2.75, 3.05) is 25.0 Å². The Morgan fingerprint density at radius 3 is 2.47 bits per heavy atom. The number of rotatable bonds is 8. The first-order valence-corrected chi connectivity index (χ1v) is 13.2. The van der Waals surface area contributed by atoms with Crippen molar-refractivity contribution in [3.05, 3.63) is 45.8 Å². The Hall–Kier alpha value is -2.23. The van der Waals surface area contributed by atoms with E-state index in [9.17, 15) is 18.0 Å². The normalized spacial score (nSPS) is 14.3. The summed E-state index contributed by atoms with van der Waals surface area (Å²) >= 11 is 1.43. The number of likely N-dealkylation sites (N-methyl/N-ethyl adjacent to an activating group) is 1. The molecule has 0 saturated heterocycles. The number of anilines is 1. The fourth-order valence-corrected chi connectivity index (χ4v) is 6.01. The van der Waals surface area contributed by atoms with Gasteiger partial charge >= 0.3 is 5.97 Å². The zero-order valence-electron chi connectivity index (χ0n) is 18.9. The minimum Gasteiger partial charge on any atom is -0.462 e. The number of nitrogens with zero attached hydrogens (tertiary/aromatic N) is 1. The van der Waals surface area contributed by atoms with E-state index in [1.54, 1.807) is 32.9 Å². The average Bonchev–Trinajstić information content (AvgIpc) is 3.10. The average molecular weight is 479 g/mol. The minimum absolute atomic E-state index is 0.0773. The van der Waals surface area contributed by atoms with E-state index in [4.69, 9.17) is 4.74 Å². The van der Waals surface area contributed by atoms with Crippen LogP contribution in [-0.4, -0.2) is 50.1 Å². The molecule has 2 heterocycles. The van der Waals surface area contributed by atoms with Crippen molar-refractivity contribution >= 4 is 38.1 Å². The largest absolute Gasteiger partial charge is 0.462 e. The molecule has 1 aliphatic rings. The van der Waals surface area contributed by atoms with Crippen molar-refractivity contribution in [3.63, 3.8) is 0 Å². The summed E-state index contributed by atoms with van der Waals surface area (Å²) in [5.74, 6) is -0.672. The fourth-order valence-electron chi connectivity index (χ4n) is 3.66. The smallest absolute Gasteiger partial charge is 0.341 e. The molecular weight excluding hydrogens is 448 g/mol. The molecular formula is C23H30N2O5S2. The second-order valence-corrected chi connectivity index (χ2v) is 11.6. The molecule has 9 heteroatoms. The predicted octanol–water partition coefficient (Wildman–Crippen LogP) is 3.67. The topological polar surface area (TPSA) is 92.8 Å². The first kappa shape index (κ1) is 24.4. The summed E-state index contributed by atoms with van der Waals surface area (Å²) in [7, 11) is -3.35. The van der Waals surface area contributed by atoms with Gasteiger partial charge in [0, 0.05) is 18.0 Å². The number of sulfone groups is 1. The van der Waals surface area contributed by atoms with Crippen molar-refractivity contribution < 1.29 is 22.7 Å². The van der Waals surface area contributed by atoms with Gasteiger partial charge in [-0.3, -0.25) is 9.69 Å². The molecule has 2 aromatic rings. The van der Waals surface area contributed by atoms with Crippen molar-refractivity contribution in [1.82, 2.24) is 4.90 Å². The van der Waals surface area contributed by atoms with Crippen LogP contribution < -0.4 is 5.32 Å². The molecule has 7 nitrogen and oxygen atoms in total. The van der Waals surface area contributed by atoms with E-state index < -0.39 is 21.1 Å². The molecule has 174 valence electrons. The summed E-state index contributed by atoms with van der Waals surface area (Å²) in [6.45, 7) is 9.95. The molecule has 0 saturated carbocycles. The van der Waals surface area contributed by atoms with E-state index in [0.717, 1.165) is 36.5 Å². The number of fused-ring (bicyclic) bond motifs is 1. The zero-order chi connectivity index (χ0) is 23.5. The Morgan fingerprint density at radius 1 is 1.19 bits per heavy atom. The molecule has 32 heavy (non-hydrogen) atoms. The van der Waals surface area contributed by atoms with Gasteiger partial charge < -0.3 is 10.1 Å². The van der Waals surface area contributed by atoms with Gasteiger partial charge in [-0.05, 0) is 57.0 Å². The molecule has 1 aromatic heterocycles. The number of nitrogens with one attached hydrogen (secondary N) is 1. The monoisotopic (exact) mass is 478 g/mol. The summed E-state index contributed by atoms with van der Waals surface area (Å²) in [5, 5.41) is 2.91. The number of carbonyl (C=O) groups excluding carboxylic acids is 2. The van der Waals surface area contributed by atoms with Crippen LogP contribution >= 0.6 is 11.3 Å². The third-order valence-electron chi connectivity index (χ3n) is 5.55. The van der Waals surface area contributed by atoms with Crippen LogP contribution in [0.5, 0.6) is 0 Å². The van der Waals surface area contributed by atoms with Crippen LogP contribution in [0.1, 0.15) is 54.1 Å². The second-order valence-electron chi connectivity index (χ2n) is 8.01. The van der Waals surface area contributed by atoms with E-state index in [1.807, 2.05) is 0 Å². The van der Waals surface area contributed by atoms with Gasteiger partial charge in [0.25, 0.3) is 0 Å². The molecule has 0 bridgehead atoms. The number of carbonyl (C=O) groups is 2. The standard InChI is InChI=1S/C23H30N2O5S2/c1-5-25-12-11-18-19(14-25)31-22(21(18)23(27)30-6-2)24-20(26)13-16-7-9-17(10-8-16)32(28,29)15(3)4/h7-10,15H,5-6,11-14H2,1-4H3,(H,24,26). The van der Waals surface area contributed by atoms with Crippen LogP contribution in [0.15, 0.2) is 29.2 Å². The number of ether oxygens (including phenoxy) is 1. The number of esters is 1. The number of amides is 1. The van der Waals surface area contributed by atoms with Crippen LogP contribution in [0.25, 0.3) is 0 Å². The molecule has 3 rings (SSSR count). The molecule has 0 atom stereocenters.